The lowest BCUT2D eigenvalue weighted by molar-refractivity contribution is 0.486. The van der Waals surface area contributed by atoms with Gasteiger partial charge in [0.15, 0.2) is 5.11 Å². The summed E-state index contributed by atoms with van der Waals surface area (Å²) >= 11 is 5.19. The molecule has 3 rings (SSSR count). The van der Waals surface area contributed by atoms with E-state index in [4.69, 9.17) is 16.4 Å². The lowest BCUT2D eigenvalue weighted by Gasteiger charge is -2.08. The van der Waals surface area contributed by atoms with E-state index in [-0.39, 0.29) is 10.6 Å². The van der Waals surface area contributed by atoms with Crippen molar-refractivity contribution in [3.05, 3.63) is 95.6 Å². The fourth-order valence-corrected chi connectivity index (χ4v) is 3.56. The third-order valence-electron chi connectivity index (χ3n) is 4.05. The van der Waals surface area contributed by atoms with E-state index in [1.165, 1.54) is 18.3 Å². The molecule has 0 heterocycles. The van der Waals surface area contributed by atoms with Crippen molar-refractivity contribution in [1.82, 2.24) is 10.7 Å². The van der Waals surface area contributed by atoms with Gasteiger partial charge in [0, 0.05) is 6.54 Å². The molecule has 0 aliphatic heterocycles. The van der Waals surface area contributed by atoms with E-state index in [0.29, 0.717) is 17.2 Å². The van der Waals surface area contributed by atoms with Gasteiger partial charge in [-0.15, -0.1) is 0 Å². The highest BCUT2D eigenvalue weighted by molar-refractivity contribution is 7.87. The first-order chi connectivity index (χ1) is 14.4. The molecule has 0 amide bonds. The molecule has 8 heteroatoms. The number of benzene rings is 3. The Labute approximate surface area is 181 Å². The van der Waals surface area contributed by atoms with Crippen LogP contribution in [0.4, 0.5) is 0 Å². The Balaban J connectivity index is 1.57. The Morgan fingerprint density at radius 2 is 1.77 bits per heavy atom. The number of rotatable bonds is 7. The first kappa shape index (κ1) is 21.5. The highest BCUT2D eigenvalue weighted by atomic mass is 32.2. The molecule has 0 saturated heterocycles. The zero-order valence-corrected chi connectivity index (χ0v) is 17.9. The zero-order chi connectivity index (χ0) is 21.4. The summed E-state index contributed by atoms with van der Waals surface area (Å²) in [4.78, 5) is 0.101. The number of nitrogens with zero attached hydrogens (tertiary/aromatic N) is 1. The molecule has 0 bridgehead atoms. The van der Waals surface area contributed by atoms with E-state index < -0.39 is 10.1 Å². The van der Waals surface area contributed by atoms with Gasteiger partial charge in [-0.05, 0) is 54.5 Å². The van der Waals surface area contributed by atoms with Gasteiger partial charge in [-0.3, -0.25) is 5.43 Å². The lowest BCUT2D eigenvalue weighted by Crippen LogP contribution is -2.31. The molecular formula is C22H21N3O3S2. The summed E-state index contributed by atoms with van der Waals surface area (Å²) in [6, 6.07) is 23.0. The average Bonchev–Trinajstić information content (AvgIpc) is 2.73. The molecule has 2 N–H and O–H groups in total. The molecule has 0 spiro atoms. The Hall–Kier alpha value is -3.23. The molecule has 0 radical (unpaired) electrons. The Morgan fingerprint density at radius 1 is 1.03 bits per heavy atom. The third-order valence-corrected chi connectivity index (χ3v) is 5.55. The predicted octanol–water partition coefficient (Wildman–Crippen LogP) is 3.76. The van der Waals surface area contributed by atoms with Gasteiger partial charge < -0.3 is 9.50 Å². The van der Waals surface area contributed by atoms with Gasteiger partial charge in [-0.2, -0.15) is 13.5 Å². The molecule has 30 heavy (non-hydrogen) atoms. The number of hydrazone groups is 1. The molecule has 6 nitrogen and oxygen atoms in total. The van der Waals surface area contributed by atoms with Crippen LogP contribution in [0.2, 0.25) is 0 Å². The van der Waals surface area contributed by atoms with Crippen molar-refractivity contribution >= 4 is 33.7 Å². The van der Waals surface area contributed by atoms with Crippen LogP contribution in [0.15, 0.2) is 88.9 Å². The Bertz CT molecular complexity index is 1130. The van der Waals surface area contributed by atoms with Crippen molar-refractivity contribution < 1.29 is 12.6 Å². The molecule has 154 valence electrons. The Morgan fingerprint density at radius 3 is 2.50 bits per heavy atom. The maximum Gasteiger partial charge on any atom is 0.339 e. The van der Waals surface area contributed by atoms with E-state index in [2.05, 4.69) is 15.8 Å². The molecule has 0 aliphatic rings. The minimum atomic E-state index is -3.91. The van der Waals surface area contributed by atoms with E-state index in [1.807, 2.05) is 37.3 Å². The highest BCUT2D eigenvalue weighted by Gasteiger charge is 2.16. The van der Waals surface area contributed by atoms with Crippen molar-refractivity contribution in [3.8, 4) is 5.75 Å². The SMILES string of the molecule is Cc1ccc(S(=O)(=O)Oc2cccc(/C=N/NC(=S)NCc3ccccc3)c2)cc1. The van der Waals surface area contributed by atoms with Crippen molar-refractivity contribution in [2.24, 2.45) is 5.10 Å². The first-order valence-corrected chi connectivity index (χ1v) is 11.0. The summed E-state index contributed by atoms with van der Waals surface area (Å²) < 4.78 is 30.1. The van der Waals surface area contributed by atoms with Crippen LogP contribution in [0, 0.1) is 6.92 Å². The van der Waals surface area contributed by atoms with Crippen LogP contribution < -0.4 is 14.9 Å². The summed E-state index contributed by atoms with van der Waals surface area (Å²) in [6.07, 6.45) is 1.53. The van der Waals surface area contributed by atoms with Gasteiger partial charge in [0.05, 0.1) is 6.21 Å². The van der Waals surface area contributed by atoms with Crippen LogP contribution in [-0.2, 0) is 16.7 Å². The minimum absolute atomic E-state index is 0.101. The molecule has 0 atom stereocenters. The van der Waals surface area contributed by atoms with Crippen molar-refractivity contribution in [2.45, 2.75) is 18.4 Å². The van der Waals surface area contributed by atoms with Crippen molar-refractivity contribution in [3.63, 3.8) is 0 Å². The standard InChI is InChI=1S/C22H21N3O3S2/c1-17-10-12-21(13-11-17)30(26,27)28-20-9-5-8-19(14-20)16-24-25-22(29)23-15-18-6-3-2-4-7-18/h2-14,16H,15H2,1H3,(H2,23,25,29)/b24-16+. The predicted molar refractivity (Wildman–Crippen MR) is 122 cm³/mol. The number of thiocarbonyl (C=S) groups is 1. The quantitative estimate of drug-likeness (QED) is 0.253. The van der Waals surface area contributed by atoms with Crippen LogP contribution in [0.1, 0.15) is 16.7 Å². The fourth-order valence-electron chi connectivity index (χ4n) is 2.51. The normalized spacial score (nSPS) is 11.2. The van der Waals surface area contributed by atoms with Crippen LogP contribution in [-0.4, -0.2) is 19.7 Å². The van der Waals surface area contributed by atoms with Gasteiger partial charge >= 0.3 is 10.1 Å². The van der Waals surface area contributed by atoms with Gasteiger partial charge in [-0.1, -0.05) is 60.2 Å². The molecule has 0 aliphatic carbocycles. The zero-order valence-electron chi connectivity index (χ0n) is 16.3. The molecule has 0 saturated carbocycles. The smallest absolute Gasteiger partial charge is 0.339 e. The van der Waals surface area contributed by atoms with E-state index in [9.17, 15) is 8.42 Å². The van der Waals surface area contributed by atoms with Crippen LogP contribution in [0.25, 0.3) is 0 Å². The second-order valence-electron chi connectivity index (χ2n) is 6.46. The van der Waals surface area contributed by atoms with Crippen molar-refractivity contribution in [1.29, 1.82) is 0 Å². The minimum Gasteiger partial charge on any atom is -0.379 e. The van der Waals surface area contributed by atoms with E-state index >= 15 is 0 Å². The van der Waals surface area contributed by atoms with Gasteiger partial charge in [0.1, 0.15) is 10.6 Å². The lowest BCUT2D eigenvalue weighted by atomic mass is 10.2. The maximum atomic E-state index is 12.4. The number of nitrogens with one attached hydrogen (secondary N) is 2. The average molecular weight is 440 g/mol. The van der Waals surface area contributed by atoms with Gasteiger partial charge in [0.25, 0.3) is 0 Å². The fraction of sp³-hybridized carbons (Fsp3) is 0.0909. The molecule has 0 unspecified atom stereocenters. The molecule has 0 fully saturated rings. The monoisotopic (exact) mass is 439 g/mol. The topological polar surface area (TPSA) is 79.8 Å². The summed E-state index contributed by atoms with van der Waals surface area (Å²) in [5.74, 6) is 0.198. The largest absolute Gasteiger partial charge is 0.379 e. The summed E-state index contributed by atoms with van der Waals surface area (Å²) in [6.45, 7) is 2.47. The van der Waals surface area contributed by atoms with Crippen molar-refractivity contribution in [2.75, 3.05) is 0 Å². The molecular weight excluding hydrogens is 418 g/mol. The number of aryl methyl sites for hydroxylation is 1. The van der Waals surface area contributed by atoms with Crippen LogP contribution >= 0.6 is 12.2 Å². The highest BCUT2D eigenvalue weighted by Crippen LogP contribution is 2.19. The molecule has 3 aromatic rings. The number of hydrogen-bond acceptors (Lipinski definition) is 5. The number of hydrogen-bond donors (Lipinski definition) is 2. The van der Waals surface area contributed by atoms with Gasteiger partial charge in [-0.25, -0.2) is 0 Å². The Kier molecular flexibility index (Phi) is 7.16. The molecule has 0 aromatic heterocycles. The second-order valence-corrected chi connectivity index (χ2v) is 8.42. The first-order valence-electron chi connectivity index (χ1n) is 9.14. The summed E-state index contributed by atoms with van der Waals surface area (Å²) in [5.41, 5.74) is 5.46. The van der Waals surface area contributed by atoms with Crippen LogP contribution in [0.5, 0.6) is 5.75 Å². The van der Waals surface area contributed by atoms with Gasteiger partial charge in [0.2, 0.25) is 0 Å². The third kappa shape index (κ3) is 6.40. The second kappa shape index (κ2) is 10.00. The summed E-state index contributed by atoms with van der Waals surface area (Å²) in [7, 11) is -3.91. The van der Waals surface area contributed by atoms with Crippen LogP contribution in [0.3, 0.4) is 0 Å². The van der Waals surface area contributed by atoms with E-state index in [0.717, 1.165) is 11.1 Å². The maximum absolute atomic E-state index is 12.4. The van der Waals surface area contributed by atoms with E-state index in [1.54, 1.807) is 36.4 Å². The molecule has 3 aromatic carbocycles. The summed E-state index contributed by atoms with van der Waals surface area (Å²) in [5, 5.41) is 7.51.